The molecule has 1 aliphatic rings. The standard InChI is InChI=1S/C16H26N4O.HI/c1-3-17-16(20-15-8-9-15)19-12-13-4-6-14(7-5-13)18-10-11-21-2;/h4-7,15,18H,3,8-12H2,1-2H3,(H2,17,19,20);1H. The number of ether oxygens (including phenoxy) is 1. The summed E-state index contributed by atoms with van der Waals surface area (Å²) in [6, 6.07) is 9.01. The van der Waals surface area contributed by atoms with Crippen molar-refractivity contribution in [3.05, 3.63) is 29.8 Å². The second-order valence-corrected chi connectivity index (χ2v) is 5.23. The molecule has 6 heteroatoms. The zero-order valence-electron chi connectivity index (χ0n) is 13.4. The average molecular weight is 418 g/mol. The van der Waals surface area contributed by atoms with Crippen molar-refractivity contribution in [2.45, 2.75) is 32.4 Å². The van der Waals surface area contributed by atoms with E-state index in [9.17, 15) is 0 Å². The summed E-state index contributed by atoms with van der Waals surface area (Å²) in [6.45, 7) is 5.21. The lowest BCUT2D eigenvalue weighted by Crippen LogP contribution is -2.38. The third-order valence-electron chi connectivity index (χ3n) is 3.27. The maximum Gasteiger partial charge on any atom is 0.191 e. The van der Waals surface area contributed by atoms with Crippen LogP contribution in [-0.2, 0) is 11.3 Å². The molecular formula is C16H27IN4O. The molecule has 3 N–H and O–H groups in total. The maximum atomic E-state index is 5.02. The van der Waals surface area contributed by atoms with Crippen LogP contribution in [-0.4, -0.2) is 38.8 Å². The van der Waals surface area contributed by atoms with Gasteiger partial charge < -0.3 is 20.7 Å². The van der Waals surface area contributed by atoms with Crippen LogP contribution in [0.5, 0.6) is 0 Å². The van der Waals surface area contributed by atoms with Gasteiger partial charge in [-0.2, -0.15) is 0 Å². The van der Waals surface area contributed by atoms with Crippen molar-refractivity contribution in [3.63, 3.8) is 0 Å². The van der Waals surface area contributed by atoms with Crippen molar-refractivity contribution in [2.24, 2.45) is 4.99 Å². The predicted molar refractivity (Wildman–Crippen MR) is 103 cm³/mol. The lowest BCUT2D eigenvalue weighted by Gasteiger charge is -2.10. The van der Waals surface area contributed by atoms with E-state index in [0.717, 1.165) is 24.7 Å². The van der Waals surface area contributed by atoms with Gasteiger partial charge in [-0.05, 0) is 37.5 Å². The molecule has 0 amide bonds. The molecule has 2 rings (SSSR count). The highest BCUT2D eigenvalue weighted by Crippen LogP contribution is 2.18. The van der Waals surface area contributed by atoms with Crippen LogP contribution in [0.1, 0.15) is 25.3 Å². The van der Waals surface area contributed by atoms with Gasteiger partial charge in [0.2, 0.25) is 0 Å². The van der Waals surface area contributed by atoms with Crippen LogP contribution in [0.4, 0.5) is 5.69 Å². The van der Waals surface area contributed by atoms with E-state index in [4.69, 9.17) is 4.74 Å². The first-order chi connectivity index (χ1) is 10.3. The molecule has 0 aromatic heterocycles. The molecule has 1 fully saturated rings. The van der Waals surface area contributed by atoms with Gasteiger partial charge >= 0.3 is 0 Å². The van der Waals surface area contributed by atoms with E-state index >= 15 is 0 Å². The largest absolute Gasteiger partial charge is 0.383 e. The molecule has 5 nitrogen and oxygen atoms in total. The molecule has 0 unspecified atom stereocenters. The first-order valence-electron chi connectivity index (χ1n) is 7.68. The fourth-order valence-electron chi connectivity index (χ4n) is 1.94. The monoisotopic (exact) mass is 418 g/mol. The zero-order valence-corrected chi connectivity index (χ0v) is 15.7. The van der Waals surface area contributed by atoms with Gasteiger partial charge in [0.1, 0.15) is 0 Å². The van der Waals surface area contributed by atoms with E-state index in [2.05, 4.69) is 52.1 Å². The van der Waals surface area contributed by atoms with Crippen LogP contribution in [0.3, 0.4) is 0 Å². The first kappa shape index (κ1) is 19.0. The molecule has 124 valence electrons. The van der Waals surface area contributed by atoms with Gasteiger partial charge in [0.25, 0.3) is 0 Å². The number of nitrogens with zero attached hydrogens (tertiary/aromatic N) is 1. The predicted octanol–water partition coefficient (Wildman–Crippen LogP) is 2.58. The van der Waals surface area contributed by atoms with Gasteiger partial charge in [-0.1, -0.05) is 12.1 Å². The Balaban J connectivity index is 0.00000242. The lowest BCUT2D eigenvalue weighted by atomic mass is 10.2. The number of nitrogens with one attached hydrogen (secondary N) is 3. The molecule has 1 aliphatic carbocycles. The molecular weight excluding hydrogens is 391 g/mol. The number of anilines is 1. The van der Waals surface area contributed by atoms with Crippen LogP contribution in [0.25, 0.3) is 0 Å². The number of methoxy groups -OCH3 is 1. The van der Waals surface area contributed by atoms with E-state index in [1.165, 1.54) is 18.4 Å². The third-order valence-corrected chi connectivity index (χ3v) is 3.27. The molecule has 0 heterocycles. The summed E-state index contributed by atoms with van der Waals surface area (Å²) in [5, 5.41) is 10.0. The van der Waals surface area contributed by atoms with Crippen molar-refractivity contribution in [3.8, 4) is 0 Å². The molecule has 0 aliphatic heterocycles. The number of halogens is 1. The number of hydrogen-bond donors (Lipinski definition) is 3. The van der Waals surface area contributed by atoms with Crippen LogP contribution in [0, 0.1) is 0 Å². The summed E-state index contributed by atoms with van der Waals surface area (Å²) in [6.07, 6.45) is 2.51. The molecule has 0 atom stereocenters. The molecule has 0 radical (unpaired) electrons. The quantitative estimate of drug-likeness (QED) is 0.263. The fraction of sp³-hybridized carbons (Fsp3) is 0.562. The number of guanidine groups is 1. The van der Waals surface area contributed by atoms with Crippen LogP contribution >= 0.6 is 24.0 Å². The lowest BCUT2D eigenvalue weighted by molar-refractivity contribution is 0.211. The minimum absolute atomic E-state index is 0. The highest BCUT2D eigenvalue weighted by molar-refractivity contribution is 14.0. The van der Waals surface area contributed by atoms with Crippen molar-refractivity contribution < 1.29 is 4.74 Å². The number of aliphatic imine (C=N–C) groups is 1. The maximum absolute atomic E-state index is 5.02. The Bertz CT molecular complexity index is 446. The molecule has 0 saturated heterocycles. The molecule has 0 spiro atoms. The molecule has 1 aromatic rings. The zero-order chi connectivity index (χ0) is 14.9. The topological polar surface area (TPSA) is 57.7 Å². The number of rotatable bonds is 8. The Morgan fingerprint density at radius 1 is 1.27 bits per heavy atom. The van der Waals surface area contributed by atoms with E-state index in [-0.39, 0.29) is 24.0 Å². The van der Waals surface area contributed by atoms with Crippen LogP contribution in [0.2, 0.25) is 0 Å². The number of hydrogen-bond acceptors (Lipinski definition) is 3. The summed E-state index contributed by atoms with van der Waals surface area (Å²) in [5.74, 6) is 0.919. The Kier molecular flexibility index (Phi) is 9.22. The minimum Gasteiger partial charge on any atom is -0.383 e. The fourth-order valence-corrected chi connectivity index (χ4v) is 1.94. The van der Waals surface area contributed by atoms with Gasteiger partial charge in [0.15, 0.2) is 5.96 Å². The van der Waals surface area contributed by atoms with Crippen LogP contribution < -0.4 is 16.0 Å². The Morgan fingerprint density at radius 3 is 2.59 bits per heavy atom. The third kappa shape index (κ3) is 7.31. The molecule has 22 heavy (non-hydrogen) atoms. The van der Waals surface area contributed by atoms with E-state index < -0.39 is 0 Å². The highest BCUT2D eigenvalue weighted by atomic mass is 127. The molecule has 1 aromatic carbocycles. The smallest absolute Gasteiger partial charge is 0.191 e. The van der Waals surface area contributed by atoms with Gasteiger partial charge in [0, 0.05) is 31.9 Å². The van der Waals surface area contributed by atoms with Crippen molar-refractivity contribution >= 4 is 35.6 Å². The Morgan fingerprint density at radius 2 is 2.00 bits per heavy atom. The summed E-state index contributed by atoms with van der Waals surface area (Å²) in [7, 11) is 1.71. The van der Waals surface area contributed by atoms with Crippen molar-refractivity contribution in [1.29, 1.82) is 0 Å². The number of benzene rings is 1. The van der Waals surface area contributed by atoms with Gasteiger partial charge in [0.05, 0.1) is 13.2 Å². The van der Waals surface area contributed by atoms with Gasteiger partial charge in [-0.3, -0.25) is 0 Å². The van der Waals surface area contributed by atoms with Crippen molar-refractivity contribution in [1.82, 2.24) is 10.6 Å². The van der Waals surface area contributed by atoms with Gasteiger partial charge in [-0.15, -0.1) is 24.0 Å². The van der Waals surface area contributed by atoms with E-state index in [1.807, 2.05) is 0 Å². The minimum atomic E-state index is 0. The second-order valence-electron chi connectivity index (χ2n) is 5.23. The molecule has 1 saturated carbocycles. The summed E-state index contributed by atoms with van der Waals surface area (Å²) in [5.41, 5.74) is 2.32. The molecule has 0 bridgehead atoms. The summed E-state index contributed by atoms with van der Waals surface area (Å²) < 4.78 is 5.02. The Labute approximate surface area is 150 Å². The van der Waals surface area contributed by atoms with E-state index in [1.54, 1.807) is 7.11 Å². The summed E-state index contributed by atoms with van der Waals surface area (Å²) in [4.78, 5) is 4.62. The second kappa shape index (κ2) is 10.7. The SMILES string of the molecule is CCNC(=NCc1ccc(NCCOC)cc1)NC1CC1.I. The highest BCUT2D eigenvalue weighted by Gasteiger charge is 2.21. The normalized spacial score (nSPS) is 14.2. The first-order valence-corrected chi connectivity index (χ1v) is 7.68. The summed E-state index contributed by atoms with van der Waals surface area (Å²) >= 11 is 0. The van der Waals surface area contributed by atoms with Crippen molar-refractivity contribution in [2.75, 3.05) is 32.1 Å². The van der Waals surface area contributed by atoms with Gasteiger partial charge in [-0.25, -0.2) is 4.99 Å². The van der Waals surface area contributed by atoms with Crippen LogP contribution in [0.15, 0.2) is 29.3 Å². The Hall–Kier alpha value is -1.02. The average Bonchev–Trinajstić information content (AvgIpc) is 3.31. The van der Waals surface area contributed by atoms with E-state index in [0.29, 0.717) is 19.2 Å².